The molecule has 0 fully saturated rings. The summed E-state index contributed by atoms with van der Waals surface area (Å²) in [7, 11) is 3.35. The highest BCUT2D eigenvalue weighted by Gasteiger charge is 1.92. The largest absolute Gasteiger partial charge is 0.378 e. The zero-order valence-corrected chi connectivity index (χ0v) is 5.59. The van der Waals surface area contributed by atoms with E-state index in [1.807, 2.05) is 0 Å². The van der Waals surface area contributed by atoms with Crippen molar-refractivity contribution in [2.45, 2.75) is 6.61 Å². The van der Waals surface area contributed by atoms with Crippen molar-refractivity contribution in [1.82, 2.24) is 9.78 Å². The Morgan fingerprint density at radius 1 is 2.00 bits per heavy atom. The topological polar surface area (TPSA) is 27.1 Å². The highest BCUT2D eigenvalue weighted by Crippen LogP contribution is 1.93. The highest BCUT2D eigenvalue weighted by atomic mass is 16.5. The van der Waals surface area contributed by atoms with Crippen molar-refractivity contribution in [1.29, 1.82) is 0 Å². The molecule has 0 radical (unpaired) electrons. The molecule has 1 aromatic rings. The van der Waals surface area contributed by atoms with Gasteiger partial charge in [0.05, 0.1) is 13.7 Å². The molecule has 3 nitrogen and oxygen atoms in total. The van der Waals surface area contributed by atoms with Gasteiger partial charge in [0.1, 0.15) is 0 Å². The van der Waals surface area contributed by atoms with Gasteiger partial charge in [-0.15, -0.1) is 0 Å². The lowest BCUT2D eigenvalue weighted by molar-refractivity contribution is 0.181. The fraction of sp³-hybridized carbons (Fsp3) is 0.500. The van der Waals surface area contributed by atoms with Crippen LogP contribution in [-0.2, 0) is 18.4 Å². The van der Waals surface area contributed by atoms with Crippen molar-refractivity contribution < 1.29 is 6.11 Å². The Morgan fingerprint density at radius 3 is 3.22 bits per heavy atom. The molecule has 0 spiro atoms. The van der Waals surface area contributed by atoms with Gasteiger partial charge in [-0.05, 0) is 6.07 Å². The second-order valence-electron chi connectivity index (χ2n) is 1.82. The fourth-order valence-electron chi connectivity index (χ4n) is 0.637. The second kappa shape index (κ2) is 2.64. The molecule has 0 aromatic carbocycles. The van der Waals surface area contributed by atoms with E-state index in [9.17, 15) is 0 Å². The van der Waals surface area contributed by atoms with Crippen molar-refractivity contribution in [3.8, 4) is 0 Å². The molecule has 0 saturated carbocycles. The lowest BCUT2D eigenvalue weighted by Gasteiger charge is -1.89. The van der Waals surface area contributed by atoms with Crippen molar-refractivity contribution in [2.75, 3.05) is 7.11 Å². The number of aromatic nitrogens is 2. The minimum absolute atomic E-state index is 0.409. The Bertz CT molecular complexity index is 202. The second-order valence-corrected chi connectivity index (χ2v) is 1.82. The van der Waals surface area contributed by atoms with Crippen LogP contribution in [0.15, 0.2) is 12.2 Å². The van der Waals surface area contributed by atoms with Gasteiger partial charge in [-0.25, -0.2) is 0 Å². The first kappa shape index (κ1) is 4.99. The Balaban J connectivity index is 2.77. The molecule has 0 atom stereocenters. The van der Waals surface area contributed by atoms with E-state index in [0.717, 1.165) is 5.69 Å². The quantitative estimate of drug-likeness (QED) is 0.580. The predicted molar refractivity (Wildman–Crippen MR) is 33.9 cm³/mol. The molecule has 1 rings (SSSR count). The van der Waals surface area contributed by atoms with E-state index in [0.29, 0.717) is 12.8 Å². The first-order chi connectivity index (χ1) is 4.74. The van der Waals surface area contributed by atoms with Crippen molar-refractivity contribution in [2.24, 2.45) is 7.05 Å². The van der Waals surface area contributed by atoms with Crippen LogP contribution in [0.3, 0.4) is 0 Å². The van der Waals surface area contributed by atoms with E-state index in [4.69, 9.17) is 6.11 Å². The lowest BCUT2D eigenvalue weighted by atomic mass is 10.5. The van der Waals surface area contributed by atoms with Crippen LogP contribution in [-0.4, -0.2) is 16.9 Å². The summed E-state index contributed by atoms with van der Waals surface area (Å²) in [4.78, 5) is 0. The minimum Gasteiger partial charge on any atom is -0.378 e. The molecule has 0 aliphatic rings. The van der Waals surface area contributed by atoms with Crippen LogP contribution in [0.5, 0.6) is 0 Å². The Morgan fingerprint density at radius 2 is 2.78 bits per heavy atom. The summed E-state index contributed by atoms with van der Waals surface area (Å²) in [6.07, 6.45) is 0.409. The van der Waals surface area contributed by atoms with Crippen LogP contribution < -0.4 is 0 Å². The summed E-state index contributed by atoms with van der Waals surface area (Å²) in [6.45, 7) is 0.479. The molecule has 0 bridgehead atoms. The van der Waals surface area contributed by atoms with E-state index in [1.165, 1.54) is 4.68 Å². The van der Waals surface area contributed by atoms with Crippen molar-refractivity contribution >= 4 is 0 Å². The molecule has 50 valence electrons. The zero-order chi connectivity index (χ0) is 7.56. The smallest absolute Gasteiger partial charge is 0.0902 e. The number of aryl methyl sites for hydroxylation is 1. The summed E-state index contributed by atoms with van der Waals surface area (Å²) in [5.74, 6) is 0. The number of methoxy groups -OCH3 is 1. The monoisotopic (exact) mass is 127 g/mol. The van der Waals surface area contributed by atoms with Crippen LogP contribution in [0.2, 0.25) is 0 Å². The minimum atomic E-state index is 0.409. The SMILES string of the molecule is [2H]c1cc(COC)nn1C. The van der Waals surface area contributed by atoms with E-state index in [1.54, 1.807) is 20.2 Å². The number of hydrogen-bond acceptors (Lipinski definition) is 2. The number of ether oxygens (including phenoxy) is 1. The molecule has 0 saturated heterocycles. The van der Waals surface area contributed by atoms with Gasteiger partial charge in [0.25, 0.3) is 0 Å². The number of rotatable bonds is 2. The van der Waals surface area contributed by atoms with Crippen molar-refractivity contribution in [3.63, 3.8) is 0 Å². The summed E-state index contributed by atoms with van der Waals surface area (Å²) in [6, 6.07) is 1.68. The van der Waals surface area contributed by atoms with E-state index in [-0.39, 0.29) is 0 Å². The Hall–Kier alpha value is -0.830. The molecule has 3 heteroatoms. The first-order valence-electron chi connectivity index (χ1n) is 3.22. The third kappa shape index (κ3) is 1.54. The molecule has 1 heterocycles. The van der Waals surface area contributed by atoms with E-state index < -0.39 is 0 Å². The summed E-state index contributed by atoms with van der Waals surface area (Å²) in [5.41, 5.74) is 0.801. The first-order valence-corrected chi connectivity index (χ1v) is 2.72. The van der Waals surface area contributed by atoms with Gasteiger partial charge in [-0.1, -0.05) is 0 Å². The average molecular weight is 127 g/mol. The van der Waals surface area contributed by atoms with Crippen LogP contribution in [0.1, 0.15) is 7.06 Å². The van der Waals surface area contributed by atoms with Crippen molar-refractivity contribution in [3.05, 3.63) is 17.9 Å². The predicted octanol–water partition coefficient (Wildman–Crippen LogP) is 0.567. The summed E-state index contributed by atoms with van der Waals surface area (Å²) in [5, 5.41) is 4.00. The van der Waals surface area contributed by atoms with Crippen LogP contribution >= 0.6 is 0 Å². The zero-order valence-electron chi connectivity index (χ0n) is 6.59. The average Bonchev–Trinajstić information content (AvgIpc) is 2.14. The molecule has 0 aliphatic heterocycles. The van der Waals surface area contributed by atoms with Crippen LogP contribution in [0.25, 0.3) is 0 Å². The van der Waals surface area contributed by atoms with Gasteiger partial charge >= 0.3 is 0 Å². The molecule has 0 N–H and O–H groups in total. The third-order valence-electron chi connectivity index (χ3n) is 0.989. The van der Waals surface area contributed by atoms with Gasteiger partial charge in [0, 0.05) is 20.3 Å². The molecular weight excluding hydrogens is 116 g/mol. The third-order valence-corrected chi connectivity index (χ3v) is 0.989. The van der Waals surface area contributed by atoms with Gasteiger partial charge in [0.15, 0.2) is 0 Å². The van der Waals surface area contributed by atoms with Gasteiger partial charge in [0.2, 0.25) is 0 Å². The standard InChI is InChI=1S/C6H10N2O/c1-8-4-3-6(7-8)5-9-2/h3-4H,5H2,1-2H3/i4D. The summed E-state index contributed by atoms with van der Waals surface area (Å²) < 4.78 is 13.6. The molecule has 1 aromatic heterocycles. The van der Waals surface area contributed by atoms with Gasteiger partial charge in [-0.3, -0.25) is 4.68 Å². The Kier molecular flexibility index (Phi) is 1.46. The molecule has 0 aliphatic carbocycles. The van der Waals surface area contributed by atoms with Gasteiger partial charge < -0.3 is 4.74 Å². The number of nitrogens with zero attached hydrogens (tertiary/aromatic N) is 2. The van der Waals surface area contributed by atoms with E-state index >= 15 is 0 Å². The highest BCUT2D eigenvalue weighted by molar-refractivity contribution is 4.96. The maximum Gasteiger partial charge on any atom is 0.0902 e. The summed E-state index contributed by atoms with van der Waals surface area (Å²) >= 11 is 0. The van der Waals surface area contributed by atoms with Crippen LogP contribution in [0, 0.1) is 0 Å². The molecule has 9 heavy (non-hydrogen) atoms. The van der Waals surface area contributed by atoms with Gasteiger partial charge in [-0.2, -0.15) is 5.10 Å². The maximum absolute atomic E-state index is 7.26. The molecule has 0 unspecified atom stereocenters. The maximum atomic E-state index is 7.26. The lowest BCUT2D eigenvalue weighted by Crippen LogP contribution is -1.91. The molecular formula is C6H10N2O. The fourth-order valence-corrected chi connectivity index (χ4v) is 0.637. The number of hydrogen-bond donors (Lipinski definition) is 0. The van der Waals surface area contributed by atoms with E-state index in [2.05, 4.69) is 5.10 Å². The van der Waals surface area contributed by atoms with Crippen LogP contribution in [0.4, 0.5) is 0 Å². The molecule has 0 amide bonds. The normalized spacial score (nSPS) is 11.6. The Labute approximate surface area is 55.7 Å².